The Bertz CT molecular complexity index is 1250. The van der Waals surface area contributed by atoms with Gasteiger partial charge in [0.25, 0.3) is 0 Å². The number of hydrazine groups is 3. The second-order valence-electron chi connectivity index (χ2n) is 16.6. The normalized spacial score (nSPS) is 37.6. The Morgan fingerprint density at radius 1 is 0.939 bits per heavy atom. The molecule has 8 atom stereocenters. The first-order valence-corrected chi connectivity index (χ1v) is 19.0. The van der Waals surface area contributed by atoms with Gasteiger partial charge in [-0.25, -0.2) is 20.4 Å². The van der Waals surface area contributed by atoms with Crippen LogP contribution in [0.3, 0.4) is 0 Å². The summed E-state index contributed by atoms with van der Waals surface area (Å²) in [5.74, 6) is -0.125. The third kappa shape index (κ3) is 8.60. The van der Waals surface area contributed by atoms with E-state index < -0.39 is 41.2 Å². The number of hydrogen-bond donors (Lipinski definition) is 6. The van der Waals surface area contributed by atoms with Crippen LogP contribution in [0.2, 0.25) is 0 Å². The first-order valence-electron chi connectivity index (χ1n) is 19.0. The van der Waals surface area contributed by atoms with Gasteiger partial charge in [-0.05, 0) is 83.5 Å². The van der Waals surface area contributed by atoms with E-state index in [-0.39, 0.29) is 30.6 Å². The first-order chi connectivity index (χ1) is 23.4. The zero-order valence-electron chi connectivity index (χ0n) is 29.7. The standard InChI is InChI=1S/C36H59N7O6/c1-35(2,3)49-34(48)37-28-18-11-6-4-5-10-17-26-21-36(26,33(46)47)38-31(44)29-20-27(22-42(29)32(28)45)43-40-30(39-41-43)25-16-12-15-24(19-25)23-13-8-7-9-14-23/h10,17,23-30,39-41H,4-9,11-16,18-22H2,1-3H3,(H,37,48)(H,38,44)(H,46,47)/b17-10-/t24?,25?,26-,27+,28-,29+,30?,36+/m1/s1. The molecule has 49 heavy (non-hydrogen) atoms. The highest BCUT2D eigenvalue weighted by molar-refractivity contribution is 5.96. The summed E-state index contributed by atoms with van der Waals surface area (Å²) in [7, 11) is 0. The highest BCUT2D eigenvalue weighted by atomic mass is 16.6. The van der Waals surface area contributed by atoms with Crippen LogP contribution >= 0.6 is 0 Å². The molecule has 5 fully saturated rings. The molecule has 3 amide bonds. The van der Waals surface area contributed by atoms with E-state index in [0.717, 1.165) is 37.5 Å². The lowest BCUT2D eigenvalue weighted by Crippen LogP contribution is -2.56. The summed E-state index contributed by atoms with van der Waals surface area (Å²) in [6, 6.07) is -2.05. The fourth-order valence-corrected chi connectivity index (χ4v) is 9.09. The lowest BCUT2D eigenvalue weighted by Gasteiger charge is -2.38. The number of ether oxygens (including phenoxy) is 1. The molecule has 0 aromatic rings. The number of carboxylic acid groups (broad SMARTS) is 1. The Labute approximate surface area is 291 Å². The summed E-state index contributed by atoms with van der Waals surface area (Å²) in [6.07, 6.45) is 19.2. The van der Waals surface area contributed by atoms with E-state index in [0.29, 0.717) is 31.6 Å². The Hall–Kier alpha value is -2.74. The summed E-state index contributed by atoms with van der Waals surface area (Å²) < 4.78 is 5.51. The van der Waals surface area contributed by atoms with Crippen LogP contribution < -0.4 is 27.0 Å². The van der Waals surface area contributed by atoms with E-state index in [4.69, 9.17) is 4.74 Å². The van der Waals surface area contributed by atoms with Gasteiger partial charge in [-0.1, -0.05) is 69.9 Å². The molecule has 3 saturated carbocycles. The monoisotopic (exact) mass is 685 g/mol. The minimum Gasteiger partial charge on any atom is -0.479 e. The Morgan fingerprint density at radius 3 is 2.41 bits per heavy atom. The molecule has 3 aliphatic heterocycles. The van der Waals surface area contributed by atoms with Crippen LogP contribution in [0.25, 0.3) is 0 Å². The maximum atomic E-state index is 14.3. The van der Waals surface area contributed by atoms with Gasteiger partial charge < -0.3 is 25.4 Å². The molecule has 0 radical (unpaired) electrons. The number of fused-ring (bicyclic) bond motifs is 2. The molecule has 2 saturated heterocycles. The number of carboxylic acids is 1. The van der Waals surface area contributed by atoms with Crippen LogP contribution in [0.15, 0.2) is 12.2 Å². The zero-order chi connectivity index (χ0) is 34.8. The summed E-state index contributed by atoms with van der Waals surface area (Å²) in [5, 5.41) is 17.7. The van der Waals surface area contributed by atoms with Crippen molar-refractivity contribution in [3.05, 3.63) is 12.2 Å². The number of aliphatic carboxylic acids is 1. The van der Waals surface area contributed by atoms with E-state index in [1.807, 2.05) is 17.3 Å². The molecule has 3 unspecified atom stereocenters. The van der Waals surface area contributed by atoms with Crippen LogP contribution in [-0.4, -0.2) is 81.0 Å². The largest absolute Gasteiger partial charge is 0.479 e. The minimum atomic E-state index is -1.37. The third-order valence-corrected chi connectivity index (χ3v) is 11.9. The van der Waals surface area contributed by atoms with Gasteiger partial charge in [0, 0.05) is 12.5 Å². The SMILES string of the molecule is CC(C)(C)OC(=O)N[C@@H]1CCCCC/C=C\[C@@H]2C[C@]2(C(=O)O)NC(=O)[C@@H]2C[C@H](N3NNC(C4CCCC(C5CCCCC5)C4)N3)CN2C1=O. The number of amides is 3. The molecule has 13 heteroatoms. The average Bonchev–Trinajstić information content (AvgIpc) is 3.38. The smallest absolute Gasteiger partial charge is 0.408 e. The summed E-state index contributed by atoms with van der Waals surface area (Å²) in [4.78, 5) is 55.3. The van der Waals surface area contributed by atoms with Crippen molar-refractivity contribution in [1.29, 1.82) is 0 Å². The highest BCUT2D eigenvalue weighted by Crippen LogP contribution is 2.46. The molecule has 6 N–H and O–H groups in total. The van der Waals surface area contributed by atoms with Crippen molar-refractivity contribution in [1.82, 2.24) is 37.0 Å². The van der Waals surface area contributed by atoms with E-state index >= 15 is 0 Å². The van der Waals surface area contributed by atoms with Gasteiger partial charge >= 0.3 is 12.1 Å². The maximum absolute atomic E-state index is 14.3. The number of nitrogens with one attached hydrogen (secondary N) is 5. The van der Waals surface area contributed by atoms with E-state index in [1.54, 1.807) is 25.7 Å². The van der Waals surface area contributed by atoms with Crippen molar-refractivity contribution in [2.75, 3.05) is 6.54 Å². The van der Waals surface area contributed by atoms with Gasteiger partial charge in [0.1, 0.15) is 23.2 Å². The molecule has 274 valence electrons. The number of hydrogen-bond acceptors (Lipinski definition) is 9. The van der Waals surface area contributed by atoms with Crippen molar-refractivity contribution >= 4 is 23.9 Å². The second kappa shape index (κ2) is 15.2. The lowest BCUT2D eigenvalue weighted by molar-refractivity contribution is -0.145. The summed E-state index contributed by atoms with van der Waals surface area (Å²) in [6.45, 7) is 5.55. The number of carbonyl (C=O) groups excluding carboxylic acids is 3. The van der Waals surface area contributed by atoms with E-state index in [2.05, 4.69) is 27.0 Å². The fourth-order valence-electron chi connectivity index (χ4n) is 9.09. The van der Waals surface area contributed by atoms with Gasteiger partial charge in [-0.2, -0.15) is 10.7 Å². The molecule has 0 aromatic carbocycles. The van der Waals surface area contributed by atoms with Crippen molar-refractivity contribution in [3.8, 4) is 0 Å². The average molecular weight is 686 g/mol. The van der Waals surface area contributed by atoms with Crippen LogP contribution in [-0.2, 0) is 19.1 Å². The predicted molar refractivity (Wildman–Crippen MR) is 183 cm³/mol. The van der Waals surface area contributed by atoms with Gasteiger partial charge in [0.2, 0.25) is 11.8 Å². The van der Waals surface area contributed by atoms with Crippen molar-refractivity contribution in [2.45, 2.75) is 159 Å². The Balaban J connectivity index is 1.18. The van der Waals surface area contributed by atoms with Gasteiger partial charge in [-0.3, -0.25) is 9.59 Å². The summed E-state index contributed by atoms with van der Waals surface area (Å²) in [5.41, 5.74) is 8.27. The van der Waals surface area contributed by atoms with Crippen molar-refractivity contribution < 1.29 is 29.0 Å². The Morgan fingerprint density at radius 2 is 1.65 bits per heavy atom. The molecule has 6 rings (SSSR count). The number of carbonyl (C=O) groups is 4. The van der Waals surface area contributed by atoms with Gasteiger partial charge in [0.05, 0.1) is 12.2 Å². The zero-order valence-corrected chi connectivity index (χ0v) is 29.7. The third-order valence-electron chi connectivity index (χ3n) is 11.9. The van der Waals surface area contributed by atoms with Crippen LogP contribution in [0.4, 0.5) is 4.79 Å². The molecule has 0 spiro atoms. The number of rotatable bonds is 5. The molecule has 0 aromatic heterocycles. The minimum absolute atomic E-state index is 0.0323. The number of nitrogens with zero attached hydrogens (tertiary/aromatic N) is 2. The van der Waals surface area contributed by atoms with Crippen LogP contribution in [0.1, 0.15) is 124 Å². The molecule has 6 aliphatic rings. The highest BCUT2D eigenvalue weighted by Gasteiger charge is 2.61. The molecule has 0 bridgehead atoms. The van der Waals surface area contributed by atoms with Crippen LogP contribution in [0, 0.1) is 23.7 Å². The number of allylic oxidation sites excluding steroid dienone is 1. The maximum Gasteiger partial charge on any atom is 0.408 e. The van der Waals surface area contributed by atoms with Crippen molar-refractivity contribution in [3.63, 3.8) is 0 Å². The van der Waals surface area contributed by atoms with E-state index in [1.165, 1.54) is 51.4 Å². The molecule has 13 nitrogen and oxygen atoms in total. The molecule has 3 heterocycles. The molecular formula is C36H59N7O6. The van der Waals surface area contributed by atoms with Gasteiger partial charge in [-0.15, -0.1) is 0 Å². The molecular weight excluding hydrogens is 626 g/mol. The topological polar surface area (TPSA) is 164 Å². The van der Waals surface area contributed by atoms with Crippen LogP contribution in [0.5, 0.6) is 0 Å². The quantitative estimate of drug-likeness (QED) is 0.234. The first kappa shape index (κ1) is 36.1. The second-order valence-corrected chi connectivity index (χ2v) is 16.6. The van der Waals surface area contributed by atoms with Crippen molar-refractivity contribution in [2.24, 2.45) is 23.7 Å². The predicted octanol–water partition coefficient (Wildman–Crippen LogP) is 3.87. The molecule has 3 aliphatic carbocycles. The number of alkyl carbamates (subject to hydrolysis) is 1. The fraction of sp³-hybridized carbons (Fsp3) is 0.833. The lowest BCUT2D eigenvalue weighted by atomic mass is 9.70. The van der Waals surface area contributed by atoms with Gasteiger partial charge in [0.15, 0.2) is 0 Å². The van der Waals surface area contributed by atoms with E-state index in [9.17, 15) is 24.3 Å². The Kier molecular flexibility index (Phi) is 11.2. The summed E-state index contributed by atoms with van der Waals surface area (Å²) >= 11 is 0.